The molecule has 1 aliphatic heterocycles. The Morgan fingerprint density at radius 3 is 3.00 bits per heavy atom. The fourth-order valence-corrected chi connectivity index (χ4v) is 2.85. The van der Waals surface area contributed by atoms with E-state index in [0.717, 1.165) is 37.9 Å². The van der Waals surface area contributed by atoms with Crippen LogP contribution in [0.25, 0.3) is 0 Å². The van der Waals surface area contributed by atoms with Crippen LogP contribution in [0.5, 0.6) is 0 Å². The van der Waals surface area contributed by atoms with Crippen LogP contribution in [0.3, 0.4) is 0 Å². The van der Waals surface area contributed by atoms with Crippen molar-refractivity contribution in [3.8, 4) is 0 Å². The Morgan fingerprint density at radius 2 is 2.41 bits per heavy atom. The highest BCUT2D eigenvalue weighted by molar-refractivity contribution is 5.86. The minimum atomic E-state index is -0.213. The molecule has 1 aromatic heterocycles. The van der Waals surface area contributed by atoms with E-state index in [1.165, 1.54) is 0 Å². The SMILES string of the molecule is NCC1(C(=O)N2CCCC2c2ccc[nH]2)CC1. The van der Waals surface area contributed by atoms with Crippen molar-refractivity contribution in [2.75, 3.05) is 13.1 Å². The van der Waals surface area contributed by atoms with Crippen molar-refractivity contribution in [3.63, 3.8) is 0 Å². The largest absolute Gasteiger partial charge is 0.363 e. The maximum absolute atomic E-state index is 12.5. The summed E-state index contributed by atoms with van der Waals surface area (Å²) in [5.74, 6) is 0.275. The van der Waals surface area contributed by atoms with Gasteiger partial charge >= 0.3 is 0 Å². The Balaban J connectivity index is 1.80. The number of nitrogens with two attached hydrogens (primary N) is 1. The van der Waals surface area contributed by atoms with E-state index in [2.05, 4.69) is 11.1 Å². The van der Waals surface area contributed by atoms with Crippen LogP contribution in [0.4, 0.5) is 0 Å². The Labute approximate surface area is 101 Å². The highest BCUT2D eigenvalue weighted by atomic mass is 16.2. The summed E-state index contributed by atoms with van der Waals surface area (Å²) in [6.07, 6.45) is 6.02. The summed E-state index contributed by atoms with van der Waals surface area (Å²) in [5, 5.41) is 0. The number of aromatic nitrogens is 1. The van der Waals surface area contributed by atoms with Crippen molar-refractivity contribution < 1.29 is 4.79 Å². The van der Waals surface area contributed by atoms with Gasteiger partial charge in [-0.3, -0.25) is 4.79 Å². The van der Waals surface area contributed by atoms with E-state index >= 15 is 0 Å². The van der Waals surface area contributed by atoms with E-state index in [1.54, 1.807) is 0 Å². The normalized spacial score (nSPS) is 26.2. The molecule has 3 rings (SSSR count). The van der Waals surface area contributed by atoms with Crippen molar-refractivity contribution >= 4 is 5.91 Å². The first-order chi connectivity index (χ1) is 8.27. The number of aromatic amines is 1. The molecule has 0 spiro atoms. The number of nitrogens with one attached hydrogen (secondary N) is 1. The van der Waals surface area contributed by atoms with E-state index < -0.39 is 0 Å². The van der Waals surface area contributed by atoms with Crippen molar-refractivity contribution in [2.45, 2.75) is 31.7 Å². The Morgan fingerprint density at radius 1 is 1.59 bits per heavy atom. The minimum Gasteiger partial charge on any atom is -0.363 e. The number of nitrogens with zero attached hydrogens (tertiary/aromatic N) is 1. The van der Waals surface area contributed by atoms with Gasteiger partial charge in [0, 0.05) is 25.0 Å². The zero-order valence-electron chi connectivity index (χ0n) is 9.98. The maximum atomic E-state index is 12.5. The standard InChI is InChI=1S/C13H19N3O/c14-9-13(5-6-13)12(17)16-8-2-4-11(16)10-3-1-7-15-10/h1,3,7,11,15H,2,4-6,8-9,14H2. The van der Waals surface area contributed by atoms with Gasteiger partial charge in [0.15, 0.2) is 0 Å². The third-order valence-corrected chi connectivity index (χ3v) is 4.19. The van der Waals surface area contributed by atoms with Crippen molar-refractivity contribution in [3.05, 3.63) is 24.0 Å². The van der Waals surface area contributed by atoms with Crippen LogP contribution < -0.4 is 5.73 Å². The summed E-state index contributed by atoms with van der Waals surface area (Å²) in [6.45, 7) is 1.38. The van der Waals surface area contributed by atoms with E-state index in [0.29, 0.717) is 6.54 Å². The number of likely N-dealkylation sites (tertiary alicyclic amines) is 1. The first kappa shape index (κ1) is 10.8. The van der Waals surface area contributed by atoms with E-state index in [1.807, 2.05) is 17.2 Å². The number of rotatable bonds is 3. The lowest BCUT2D eigenvalue weighted by molar-refractivity contribution is -0.137. The molecule has 1 amide bonds. The maximum Gasteiger partial charge on any atom is 0.230 e. The van der Waals surface area contributed by atoms with E-state index in [4.69, 9.17) is 5.73 Å². The number of hydrogen-bond donors (Lipinski definition) is 2. The van der Waals surface area contributed by atoms with Crippen molar-refractivity contribution in [1.82, 2.24) is 9.88 Å². The Kier molecular flexibility index (Phi) is 2.47. The first-order valence-corrected chi connectivity index (χ1v) is 6.41. The molecule has 0 radical (unpaired) electrons. The Hall–Kier alpha value is -1.29. The monoisotopic (exact) mass is 233 g/mol. The molecular weight excluding hydrogens is 214 g/mol. The number of carbonyl (C=O) groups excluding carboxylic acids is 1. The van der Waals surface area contributed by atoms with Gasteiger partial charge in [0.2, 0.25) is 5.91 Å². The van der Waals surface area contributed by atoms with E-state index in [9.17, 15) is 4.79 Å². The summed E-state index contributed by atoms with van der Waals surface area (Å²) < 4.78 is 0. The van der Waals surface area contributed by atoms with Gasteiger partial charge in [-0.15, -0.1) is 0 Å². The van der Waals surface area contributed by atoms with Crippen LogP contribution in [-0.2, 0) is 4.79 Å². The molecule has 4 nitrogen and oxygen atoms in total. The number of hydrogen-bond acceptors (Lipinski definition) is 2. The molecule has 0 bridgehead atoms. The predicted octanol–water partition coefficient (Wildman–Crippen LogP) is 1.42. The second-order valence-electron chi connectivity index (χ2n) is 5.27. The summed E-state index contributed by atoms with van der Waals surface area (Å²) in [5.41, 5.74) is 6.69. The van der Waals surface area contributed by atoms with Crippen LogP contribution in [0.15, 0.2) is 18.3 Å². The molecule has 1 unspecified atom stereocenters. The van der Waals surface area contributed by atoms with Crippen molar-refractivity contribution in [1.29, 1.82) is 0 Å². The summed E-state index contributed by atoms with van der Waals surface area (Å²) in [7, 11) is 0. The second kappa shape index (κ2) is 3.88. The molecular formula is C13H19N3O. The molecule has 92 valence electrons. The molecule has 1 atom stereocenters. The third kappa shape index (κ3) is 1.67. The van der Waals surface area contributed by atoms with Crippen molar-refractivity contribution in [2.24, 2.45) is 11.1 Å². The summed E-state index contributed by atoms with van der Waals surface area (Å²) >= 11 is 0. The lowest BCUT2D eigenvalue weighted by Crippen LogP contribution is -2.40. The van der Waals surface area contributed by atoms with Crippen LogP contribution in [-0.4, -0.2) is 28.9 Å². The highest BCUT2D eigenvalue weighted by Crippen LogP contribution is 2.48. The van der Waals surface area contributed by atoms with Gasteiger partial charge in [-0.05, 0) is 37.8 Å². The first-order valence-electron chi connectivity index (χ1n) is 6.41. The molecule has 2 aliphatic rings. The summed E-state index contributed by atoms with van der Waals surface area (Å²) in [4.78, 5) is 17.8. The molecule has 3 N–H and O–H groups in total. The van der Waals surface area contributed by atoms with Crippen LogP contribution in [0.2, 0.25) is 0 Å². The molecule has 2 heterocycles. The molecule has 1 saturated heterocycles. The molecule has 1 saturated carbocycles. The highest BCUT2D eigenvalue weighted by Gasteiger charge is 2.52. The summed E-state index contributed by atoms with van der Waals surface area (Å²) in [6, 6.07) is 4.30. The minimum absolute atomic E-state index is 0.213. The molecule has 1 aliphatic carbocycles. The average molecular weight is 233 g/mol. The molecule has 2 fully saturated rings. The van der Waals surface area contributed by atoms with E-state index in [-0.39, 0.29) is 17.4 Å². The van der Waals surface area contributed by atoms with Gasteiger partial charge in [0.25, 0.3) is 0 Å². The molecule has 4 heteroatoms. The zero-order chi connectivity index (χ0) is 11.9. The quantitative estimate of drug-likeness (QED) is 0.829. The van der Waals surface area contributed by atoms with Gasteiger partial charge in [0.05, 0.1) is 11.5 Å². The second-order valence-corrected chi connectivity index (χ2v) is 5.27. The van der Waals surface area contributed by atoms with Gasteiger partial charge < -0.3 is 15.6 Å². The van der Waals surface area contributed by atoms with Gasteiger partial charge in [-0.25, -0.2) is 0 Å². The molecule has 1 aromatic rings. The fraction of sp³-hybridized carbons (Fsp3) is 0.615. The van der Waals surface area contributed by atoms with Crippen LogP contribution in [0, 0.1) is 5.41 Å². The molecule has 0 aromatic carbocycles. The Bertz CT molecular complexity index is 408. The fourth-order valence-electron chi connectivity index (χ4n) is 2.85. The third-order valence-electron chi connectivity index (χ3n) is 4.19. The average Bonchev–Trinajstić information content (AvgIpc) is 2.81. The van der Waals surface area contributed by atoms with Crippen LogP contribution in [0.1, 0.15) is 37.4 Å². The lowest BCUT2D eigenvalue weighted by Gasteiger charge is -2.28. The zero-order valence-corrected chi connectivity index (χ0v) is 9.98. The smallest absolute Gasteiger partial charge is 0.230 e. The van der Waals surface area contributed by atoms with Gasteiger partial charge in [0.1, 0.15) is 0 Å². The van der Waals surface area contributed by atoms with Crippen LogP contribution >= 0.6 is 0 Å². The lowest BCUT2D eigenvalue weighted by atomic mass is 10.0. The topological polar surface area (TPSA) is 62.1 Å². The predicted molar refractivity (Wildman–Crippen MR) is 65.2 cm³/mol. The number of H-pyrrole nitrogens is 1. The van der Waals surface area contributed by atoms with Gasteiger partial charge in [-0.1, -0.05) is 0 Å². The number of carbonyl (C=O) groups is 1. The number of amides is 1. The van der Waals surface area contributed by atoms with Gasteiger partial charge in [-0.2, -0.15) is 0 Å². The molecule has 17 heavy (non-hydrogen) atoms.